The minimum absolute atomic E-state index is 0.0299. The third kappa shape index (κ3) is 3.97. The molecule has 20 heavy (non-hydrogen) atoms. The van der Waals surface area contributed by atoms with Gasteiger partial charge in [0.1, 0.15) is 0 Å². The zero-order chi connectivity index (χ0) is 14.4. The van der Waals surface area contributed by atoms with Crippen molar-refractivity contribution in [2.45, 2.75) is 33.1 Å². The van der Waals surface area contributed by atoms with E-state index in [1.807, 2.05) is 13.0 Å². The lowest BCUT2D eigenvalue weighted by Gasteiger charge is -2.27. The molecule has 0 unspecified atom stereocenters. The van der Waals surface area contributed by atoms with E-state index >= 15 is 0 Å². The number of anilines is 1. The van der Waals surface area contributed by atoms with Crippen LogP contribution < -0.4 is 5.32 Å². The molecule has 0 aromatic heterocycles. The van der Waals surface area contributed by atoms with Crippen LogP contribution in [0, 0.1) is 6.92 Å². The number of carbonyl (C=O) groups excluding carboxylic acids is 1. The molecular formula is C16H24N2O2. The molecule has 4 nitrogen and oxygen atoms in total. The van der Waals surface area contributed by atoms with Crippen LogP contribution >= 0.6 is 0 Å². The second-order valence-corrected chi connectivity index (χ2v) is 5.28. The van der Waals surface area contributed by atoms with E-state index in [1.165, 1.54) is 18.4 Å². The zero-order valence-electron chi connectivity index (χ0n) is 12.4. The summed E-state index contributed by atoms with van der Waals surface area (Å²) in [6.45, 7) is 6.83. The highest BCUT2D eigenvalue weighted by Gasteiger charge is 2.17. The topological polar surface area (TPSA) is 41.6 Å². The quantitative estimate of drug-likeness (QED) is 0.917. The number of nitrogens with one attached hydrogen (secondary N) is 1. The van der Waals surface area contributed by atoms with E-state index in [0.717, 1.165) is 17.7 Å². The lowest BCUT2D eigenvalue weighted by atomic mass is 10.0. The first-order chi connectivity index (χ1) is 9.70. The Labute approximate surface area is 121 Å². The molecule has 0 aliphatic carbocycles. The Kier molecular flexibility index (Phi) is 5.41. The summed E-state index contributed by atoms with van der Waals surface area (Å²) in [5.41, 5.74) is 3.37. The predicted octanol–water partition coefficient (Wildman–Crippen LogP) is 3.20. The van der Waals surface area contributed by atoms with Crippen LogP contribution in [0.5, 0.6) is 0 Å². The fourth-order valence-electron chi connectivity index (χ4n) is 2.36. The molecule has 1 saturated heterocycles. The fourth-order valence-corrected chi connectivity index (χ4v) is 2.36. The first kappa shape index (κ1) is 14.9. The molecule has 0 bridgehead atoms. The van der Waals surface area contributed by atoms with Gasteiger partial charge >= 0.3 is 6.03 Å². The predicted molar refractivity (Wildman–Crippen MR) is 81.2 cm³/mol. The third-order valence-corrected chi connectivity index (χ3v) is 3.65. The molecule has 0 spiro atoms. The highest BCUT2D eigenvalue weighted by atomic mass is 16.5. The van der Waals surface area contributed by atoms with Crippen LogP contribution in [0.25, 0.3) is 0 Å². The van der Waals surface area contributed by atoms with Gasteiger partial charge in [-0.25, -0.2) is 4.79 Å². The minimum Gasteiger partial charge on any atom is -0.378 e. The van der Waals surface area contributed by atoms with E-state index in [1.54, 1.807) is 4.90 Å². The van der Waals surface area contributed by atoms with Crippen LogP contribution in [0.1, 0.15) is 30.9 Å². The van der Waals surface area contributed by atoms with Gasteiger partial charge in [-0.2, -0.15) is 0 Å². The third-order valence-electron chi connectivity index (χ3n) is 3.65. The number of ether oxygens (including phenoxy) is 1. The van der Waals surface area contributed by atoms with Crippen molar-refractivity contribution in [1.82, 2.24) is 4.90 Å². The van der Waals surface area contributed by atoms with Gasteiger partial charge in [0, 0.05) is 18.8 Å². The Bertz CT molecular complexity index is 454. The van der Waals surface area contributed by atoms with Crippen molar-refractivity contribution in [3.63, 3.8) is 0 Å². The largest absolute Gasteiger partial charge is 0.378 e. The number of morpholine rings is 1. The van der Waals surface area contributed by atoms with E-state index in [2.05, 4.69) is 24.4 Å². The number of benzene rings is 1. The minimum atomic E-state index is -0.0299. The van der Waals surface area contributed by atoms with Gasteiger partial charge < -0.3 is 15.0 Å². The molecule has 0 radical (unpaired) electrons. The number of amides is 2. The van der Waals surface area contributed by atoms with Crippen LogP contribution in [0.3, 0.4) is 0 Å². The number of hydrogen-bond donors (Lipinski definition) is 1. The molecule has 1 heterocycles. The van der Waals surface area contributed by atoms with Crippen LogP contribution in [0.2, 0.25) is 0 Å². The van der Waals surface area contributed by atoms with Gasteiger partial charge in [0.25, 0.3) is 0 Å². The number of unbranched alkanes of at least 4 members (excludes halogenated alkanes) is 1. The first-order valence-electron chi connectivity index (χ1n) is 7.44. The molecule has 1 aliphatic rings. The van der Waals surface area contributed by atoms with Crippen molar-refractivity contribution in [3.05, 3.63) is 29.3 Å². The van der Waals surface area contributed by atoms with E-state index < -0.39 is 0 Å². The Morgan fingerprint density at radius 2 is 2.10 bits per heavy atom. The number of rotatable bonds is 4. The SMILES string of the molecule is CCCCc1ccc(NC(=O)N2CCOCC2)c(C)c1. The van der Waals surface area contributed by atoms with E-state index in [0.29, 0.717) is 26.3 Å². The number of carbonyl (C=O) groups is 1. The van der Waals surface area contributed by atoms with Crippen LogP contribution in [-0.4, -0.2) is 37.2 Å². The molecule has 4 heteroatoms. The molecule has 1 fully saturated rings. The molecular weight excluding hydrogens is 252 g/mol. The maximum absolute atomic E-state index is 12.1. The maximum Gasteiger partial charge on any atom is 0.322 e. The first-order valence-corrected chi connectivity index (χ1v) is 7.44. The second kappa shape index (κ2) is 7.29. The molecule has 0 atom stereocenters. The van der Waals surface area contributed by atoms with Crippen LogP contribution in [-0.2, 0) is 11.2 Å². The zero-order valence-corrected chi connectivity index (χ0v) is 12.4. The van der Waals surface area contributed by atoms with Gasteiger partial charge in [-0.05, 0) is 37.0 Å². The van der Waals surface area contributed by atoms with E-state index in [9.17, 15) is 4.79 Å². The molecule has 1 aromatic carbocycles. The normalized spacial score (nSPS) is 15.2. The van der Waals surface area contributed by atoms with Crippen molar-refractivity contribution in [2.24, 2.45) is 0 Å². The molecule has 1 N–H and O–H groups in total. The van der Waals surface area contributed by atoms with Crippen molar-refractivity contribution >= 4 is 11.7 Å². The van der Waals surface area contributed by atoms with Crippen molar-refractivity contribution < 1.29 is 9.53 Å². The standard InChI is InChI=1S/C16H24N2O2/c1-3-4-5-14-6-7-15(13(2)12-14)17-16(19)18-8-10-20-11-9-18/h6-7,12H,3-5,8-11H2,1-2H3,(H,17,19). The van der Waals surface area contributed by atoms with Gasteiger partial charge in [0.15, 0.2) is 0 Å². The lowest BCUT2D eigenvalue weighted by molar-refractivity contribution is 0.0564. The molecule has 110 valence electrons. The average Bonchev–Trinajstić information content (AvgIpc) is 2.48. The van der Waals surface area contributed by atoms with Gasteiger partial charge in [0.2, 0.25) is 0 Å². The van der Waals surface area contributed by atoms with Crippen molar-refractivity contribution in [2.75, 3.05) is 31.6 Å². The highest BCUT2D eigenvalue weighted by molar-refractivity contribution is 5.90. The summed E-state index contributed by atoms with van der Waals surface area (Å²) in [6.07, 6.45) is 3.52. The monoisotopic (exact) mass is 276 g/mol. The molecule has 2 amide bonds. The number of nitrogens with zero attached hydrogens (tertiary/aromatic N) is 1. The number of aryl methyl sites for hydroxylation is 2. The molecule has 0 saturated carbocycles. The maximum atomic E-state index is 12.1. The molecule has 2 rings (SSSR count). The number of urea groups is 1. The summed E-state index contributed by atoms with van der Waals surface area (Å²) in [5, 5.41) is 2.99. The summed E-state index contributed by atoms with van der Waals surface area (Å²) in [6, 6.07) is 6.26. The van der Waals surface area contributed by atoms with Crippen molar-refractivity contribution in [3.8, 4) is 0 Å². The van der Waals surface area contributed by atoms with Crippen LogP contribution in [0.4, 0.5) is 10.5 Å². The summed E-state index contributed by atoms with van der Waals surface area (Å²) in [5.74, 6) is 0. The van der Waals surface area contributed by atoms with E-state index in [-0.39, 0.29) is 6.03 Å². The van der Waals surface area contributed by atoms with E-state index in [4.69, 9.17) is 4.74 Å². The Balaban J connectivity index is 1.96. The van der Waals surface area contributed by atoms with Gasteiger partial charge in [0.05, 0.1) is 13.2 Å². The number of hydrogen-bond acceptors (Lipinski definition) is 2. The average molecular weight is 276 g/mol. The summed E-state index contributed by atoms with van der Waals surface area (Å²) in [4.78, 5) is 13.9. The lowest BCUT2D eigenvalue weighted by Crippen LogP contribution is -2.43. The highest BCUT2D eigenvalue weighted by Crippen LogP contribution is 2.18. The van der Waals surface area contributed by atoms with Gasteiger partial charge in [-0.15, -0.1) is 0 Å². The Hall–Kier alpha value is -1.55. The Morgan fingerprint density at radius 3 is 2.75 bits per heavy atom. The molecule has 1 aliphatic heterocycles. The Morgan fingerprint density at radius 1 is 1.35 bits per heavy atom. The summed E-state index contributed by atoms with van der Waals surface area (Å²) >= 11 is 0. The summed E-state index contributed by atoms with van der Waals surface area (Å²) < 4.78 is 5.26. The van der Waals surface area contributed by atoms with Gasteiger partial charge in [-0.3, -0.25) is 0 Å². The van der Waals surface area contributed by atoms with Gasteiger partial charge in [-0.1, -0.05) is 25.5 Å². The van der Waals surface area contributed by atoms with Crippen LogP contribution in [0.15, 0.2) is 18.2 Å². The second-order valence-electron chi connectivity index (χ2n) is 5.28. The smallest absolute Gasteiger partial charge is 0.322 e. The fraction of sp³-hybridized carbons (Fsp3) is 0.562. The summed E-state index contributed by atoms with van der Waals surface area (Å²) in [7, 11) is 0. The van der Waals surface area contributed by atoms with Crippen molar-refractivity contribution in [1.29, 1.82) is 0 Å². The molecule has 1 aromatic rings.